The van der Waals surface area contributed by atoms with E-state index in [0.717, 1.165) is 5.56 Å². The Morgan fingerprint density at radius 1 is 1.25 bits per heavy atom. The number of amides is 1. The second-order valence-corrected chi connectivity index (χ2v) is 7.08. The van der Waals surface area contributed by atoms with Gasteiger partial charge in [-0.25, -0.2) is 0 Å². The standard InChI is InChI=1S/C18H26N4O2/c1-18(2,3)17-20-14(21-24-17)11-12-19-16(23)15(22(4)5)13-9-7-6-8-10-13/h6-10,15H,11-12H2,1-5H3,(H,19,23). The number of nitrogens with zero attached hydrogens (tertiary/aromatic N) is 3. The number of hydrogen-bond donors (Lipinski definition) is 1. The molecule has 1 aromatic carbocycles. The van der Waals surface area contributed by atoms with Crippen molar-refractivity contribution in [3.05, 3.63) is 47.6 Å². The maximum atomic E-state index is 12.5. The lowest BCUT2D eigenvalue weighted by Gasteiger charge is -2.23. The molecule has 2 aromatic rings. The first-order chi connectivity index (χ1) is 11.3. The van der Waals surface area contributed by atoms with E-state index in [9.17, 15) is 4.79 Å². The van der Waals surface area contributed by atoms with Crippen LogP contribution in [-0.2, 0) is 16.6 Å². The molecule has 1 amide bonds. The van der Waals surface area contributed by atoms with Crippen molar-refractivity contribution in [1.82, 2.24) is 20.4 Å². The Morgan fingerprint density at radius 2 is 1.92 bits per heavy atom. The molecule has 1 unspecified atom stereocenters. The third-order valence-corrected chi connectivity index (χ3v) is 3.64. The zero-order valence-corrected chi connectivity index (χ0v) is 15.0. The molecule has 6 heteroatoms. The Morgan fingerprint density at radius 3 is 2.46 bits per heavy atom. The molecule has 130 valence electrons. The smallest absolute Gasteiger partial charge is 0.241 e. The molecule has 0 saturated carbocycles. The predicted octanol–water partition coefficient (Wildman–Crippen LogP) is 2.33. The van der Waals surface area contributed by atoms with Crippen LogP contribution in [0, 0.1) is 0 Å². The minimum atomic E-state index is -0.318. The molecular weight excluding hydrogens is 304 g/mol. The summed E-state index contributed by atoms with van der Waals surface area (Å²) in [6.07, 6.45) is 0.542. The normalized spacial score (nSPS) is 13.1. The summed E-state index contributed by atoms with van der Waals surface area (Å²) in [5.41, 5.74) is 0.798. The van der Waals surface area contributed by atoms with Gasteiger partial charge in [0.15, 0.2) is 5.82 Å². The topological polar surface area (TPSA) is 71.3 Å². The number of hydrogen-bond acceptors (Lipinski definition) is 5. The number of benzene rings is 1. The molecule has 1 atom stereocenters. The summed E-state index contributed by atoms with van der Waals surface area (Å²) in [5.74, 6) is 1.19. The molecule has 0 bridgehead atoms. The molecule has 0 fully saturated rings. The van der Waals surface area contributed by atoms with Crippen molar-refractivity contribution in [3.8, 4) is 0 Å². The molecule has 0 aliphatic carbocycles. The lowest BCUT2D eigenvalue weighted by Crippen LogP contribution is -2.38. The van der Waals surface area contributed by atoms with Gasteiger partial charge in [-0.05, 0) is 19.7 Å². The average molecular weight is 330 g/mol. The molecule has 1 N–H and O–H groups in total. The van der Waals surface area contributed by atoms with E-state index in [4.69, 9.17) is 4.52 Å². The molecule has 0 radical (unpaired) electrons. The first kappa shape index (κ1) is 18.1. The van der Waals surface area contributed by atoms with Gasteiger partial charge in [-0.1, -0.05) is 56.3 Å². The Balaban J connectivity index is 1.93. The third-order valence-electron chi connectivity index (χ3n) is 3.64. The fraction of sp³-hybridized carbons (Fsp3) is 0.500. The van der Waals surface area contributed by atoms with Crippen LogP contribution in [0.15, 0.2) is 34.9 Å². The number of likely N-dealkylation sites (N-methyl/N-ethyl adjacent to an activating group) is 1. The number of aromatic nitrogens is 2. The van der Waals surface area contributed by atoms with Crippen molar-refractivity contribution in [2.24, 2.45) is 0 Å². The summed E-state index contributed by atoms with van der Waals surface area (Å²) in [6.45, 7) is 6.54. The maximum Gasteiger partial charge on any atom is 0.241 e. The van der Waals surface area contributed by atoms with Crippen molar-refractivity contribution < 1.29 is 9.32 Å². The van der Waals surface area contributed by atoms with Gasteiger partial charge in [0.2, 0.25) is 11.8 Å². The van der Waals surface area contributed by atoms with Gasteiger partial charge in [-0.15, -0.1) is 0 Å². The highest BCUT2D eigenvalue weighted by Crippen LogP contribution is 2.20. The zero-order chi connectivity index (χ0) is 17.7. The van der Waals surface area contributed by atoms with E-state index in [-0.39, 0.29) is 17.4 Å². The van der Waals surface area contributed by atoms with Crippen molar-refractivity contribution in [2.75, 3.05) is 20.6 Å². The summed E-state index contributed by atoms with van der Waals surface area (Å²) in [6, 6.07) is 9.41. The third kappa shape index (κ3) is 4.64. The van der Waals surface area contributed by atoms with Gasteiger partial charge >= 0.3 is 0 Å². The number of nitrogens with one attached hydrogen (secondary N) is 1. The zero-order valence-electron chi connectivity index (χ0n) is 15.0. The molecule has 0 spiro atoms. The highest BCUT2D eigenvalue weighted by molar-refractivity contribution is 5.83. The van der Waals surface area contributed by atoms with Crippen LogP contribution in [0.3, 0.4) is 0 Å². The fourth-order valence-corrected chi connectivity index (χ4v) is 2.37. The second-order valence-electron chi connectivity index (χ2n) is 7.08. The lowest BCUT2D eigenvalue weighted by atomic mass is 9.97. The highest BCUT2D eigenvalue weighted by atomic mass is 16.5. The Labute approximate surface area is 143 Å². The van der Waals surface area contributed by atoms with Crippen LogP contribution in [0.5, 0.6) is 0 Å². The van der Waals surface area contributed by atoms with Gasteiger partial charge in [0.25, 0.3) is 0 Å². The Bertz CT molecular complexity index is 659. The highest BCUT2D eigenvalue weighted by Gasteiger charge is 2.23. The van der Waals surface area contributed by atoms with E-state index in [2.05, 4.69) is 15.5 Å². The van der Waals surface area contributed by atoms with E-state index in [0.29, 0.717) is 24.7 Å². The van der Waals surface area contributed by atoms with E-state index in [1.54, 1.807) is 0 Å². The van der Waals surface area contributed by atoms with Crippen LogP contribution >= 0.6 is 0 Å². The van der Waals surface area contributed by atoms with Crippen LogP contribution in [0.1, 0.15) is 44.1 Å². The van der Waals surface area contributed by atoms with Crippen LogP contribution in [0.2, 0.25) is 0 Å². The average Bonchev–Trinajstić information content (AvgIpc) is 2.97. The number of carbonyl (C=O) groups is 1. The molecule has 1 heterocycles. The SMILES string of the molecule is CN(C)C(C(=O)NCCc1noc(C(C)(C)C)n1)c1ccccc1. The van der Waals surface area contributed by atoms with Crippen LogP contribution in [0.25, 0.3) is 0 Å². The van der Waals surface area contributed by atoms with Crippen molar-refractivity contribution >= 4 is 5.91 Å². The van der Waals surface area contributed by atoms with Gasteiger partial charge < -0.3 is 9.84 Å². The second kappa shape index (κ2) is 7.57. The maximum absolute atomic E-state index is 12.5. The van der Waals surface area contributed by atoms with Gasteiger partial charge in [0.1, 0.15) is 6.04 Å². The van der Waals surface area contributed by atoms with E-state index < -0.39 is 0 Å². The molecule has 6 nitrogen and oxygen atoms in total. The van der Waals surface area contributed by atoms with Crippen LogP contribution in [0.4, 0.5) is 0 Å². The van der Waals surface area contributed by atoms with Gasteiger partial charge in [-0.2, -0.15) is 4.98 Å². The van der Waals surface area contributed by atoms with Crippen LogP contribution in [-0.4, -0.2) is 41.6 Å². The van der Waals surface area contributed by atoms with Crippen LogP contribution < -0.4 is 5.32 Å². The van der Waals surface area contributed by atoms with Gasteiger partial charge in [0, 0.05) is 18.4 Å². The van der Waals surface area contributed by atoms with E-state index in [1.165, 1.54) is 0 Å². The van der Waals surface area contributed by atoms with Gasteiger partial charge in [-0.3, -0.25) is 9.69 Å². The van der Waals surface area contributed by atoms with Gasteiger partial charge in [0.05, 0.1) is 0 Å². The summed E-state index contributed by atoms with van der Waals surface area (Å²) >= 11 is 0. The summed E-state index contributed by atoms with van der Waals surface area (Å²) < 4.78 is 5.26. The van der Waals surface area contributed by atoms with E-state index in [1.807, 2.05) is 70.1 Å². The monoisotopic (exact) mass is 330 g/mol. The number of carbonyl (C=O) groups excluding carboxylic acids is 1. The predicted molar refractivity (Wildman–Crippen MR) is 92.6 cm³/mol. The minimum absolute atomic E-state index is 0.0364. The molecule has 1 aromatic heterocycles. The Hall–Kier alpha value is -2.21. The summed E-state index contributed by atoms with van der Waals surface area (Å²) in [5, 5.41) is 6.93. The first-order valence-electron chi connectivity index (χ1n) is 8.11. The molecule has 24 heavy (non-hydrogen) atoms. The molecule has 0 aliphatic heterocycles. The minimum Gasteiger partial charge on any atom is -0.354 e. The van der Waals surface area contributed by atoms with Crippen molar-refractivity contribution in [3.63, 3.8) is 0 Å². The molecule has 0 aliphatic rings. The largest absolute Gasteiger partial charge is 0.354 e. The molecule has 2 rings (SSSR count). The van der Waals surface area contributed by atoms with Crippen molar-refractivity contribution in [2.45, 2.75) is 38.6 Å². The number of rotatable bonds is 6. The molecule has 0 saturated heterocycles. The quantitative estimate of drug-likeness (QED) is 0.880. The molecular formula is C18H26N4O2. The Kier molecular flexibility index (Phi) is 5.72. The summed E-state index contributed by atoms with van der Waals surface area (Å²) in [7, 11) is 3.79. The van der Waals surface area contributed by atoms with Crippen molar-refractivity contribution in [1.29, 1.82) is 0 Å². The van der Waals surface area contributed by atoms with E-state index >= 15 is 0 Å². The summed E-state index contributed by atoms with van der Waals surface area (Å²) in [4.78, 5) is 18.8. The lowest BCUT2D eigenvalue weighted by molar-refractivity contribution is -0.125. The fourth-order valence-electron chi connectivity index (χ4n) is 2.37. The first-order valence-corrected chi connectivity index (χ1v) is 8.11.